The Labute approximate surface area is 93.1 Å². The van der Waals surface area contributed by atoms with Gasteiger partial charge in [-0.05, 0) is 25.8 Å². The third-order valence-corrected chi connectivity index (χ3v) is 4.32. The molecule has 0 aromatic heterocycles. The van der Waals surface area contributed by atoms with E-state index in [1.807, 2.05) is 6.92 Å². The molecule has 5 heteroatoms. The fourth-order valence-electron chi connectivity index (χ4n) is 1.73. The molecule has 1 aliphatic carbocycles. The number of rotatable bonds is 7. The first-order chi connectivity index (χ1) is 7.04. The molecule has 1 N–H and O–H groups in total. The van der Waals surface area contributed by atoms with Crippen molar-refractivity contribution < 1.29 is 8.42 Å². The van der Waals surface area contributed by atoms with Crippen molar-refractivity contribution >= 4 is 10.0 Å². The lowest BCUT2D eigenvalue weighted by molar-refractivity contribution is 0.330. The van der Waals surface area contributed by atoms with Gasteiger partial charge in [-0.1, -0.05) is 13.3 Å². The van der Waals surface area contributed by atoms with Crippen LogP contribution in [0.5, 0.6) is 0 Å². The Balaban J connectivity index is 2.11. The van der Waals surface area contributed by atoms with Crippen molar-refractivity contribution in [3.05, 3.63) is 0 Å². The van der Waals surface area contributed by atoms with Crippen molar-refractivity contribution in [3.8, 4) is 0 Å². The summed E-state index contributed by atoms with van der Waals surface area (Å²) < 4.78 is 24.1. The maximum Gasteiger partial charge on any atom is 0.211 e. The largest absolute Gasteiger partial charge is 0.314 e. The molecule has 15 heavy (non-hydrogen) atoms. The lowest BCUT2D eigenvalue weighted by atomic mass is 9.93. The molecule has 0 saturated heterocycles. The molecule has 0 spiro atoms. The van der Waals surface area contributed by atoms with Crippen LogP contribution in [0.15, 0.2) is 0 Å². The van der Waals surface area contributed by atoms with Crippen molar-refractivity contribution in [2.75, 3.05) is 25.9 Å². The smallest absolute Gasteiger partial charge is 0.211 e. The highest BCUT2D eigenvalue weighted by molar-refractivity contribution is 7.88. The fourth-order valence-corrected chi connectivity index (χ4v) is 2.66. The minimum absolute atomic E-state index is 0.572. The van der Waals surface area contributed by atoms with Gasteiger partial charge in [0.15, 0.2) is 0 Å². The third kappa shape index (κ3) is 4.49. The van der Waals surface area contributed by atoms with Gasteiger partial charge in [-0.15, -0.1) is 0 Å². The lowest BCUT2D eigenvalue weighted by Crippen LogP contribution is -2.38. The summed E-state index contributed by atoms with van der Waals surface area (Å²) in [6.07, 6.45) is 6.07. The van der Waals surface area contributed by atoms with E-state index in [2.05, 4.69) is 5.32 Å². The van der Waals surface area contributed by atoms with Crippen LogP contribution in [0.1, 0.15) is 32.6 Å². The maximum atomic E-state index is 11.3. The topological polar surface area (TPSA) is 49.4 Å². The minimum Gasteiger partial charge on any atom is -0.314 e. The highest BCUT2D eigenvalue weighted by Gasteiger charge is 2.17. The summed E-state index contributed by atoms with van der Waals surface area (Å²) in [5, 5.41) is 3.43. The maximum absolute atomic E-state index is 11.3. The summed E-state index contributed by atoms with van der Waals surface area (Å²) >= 11 is 0. The quantitative estimate of drug-likeness (QED) is 0.663. The predicted octanol–water partition coefficient (Wildman–Crippen LogP) is 0.800. The number of hydrogen-bond acceptors (Lipinski definition) is 3. The van der Waals surface area contributed by atoms with Gasteiger partial charge in [-0.3, -0.25) is 0 Å². The second-order valence-corrected chi connectivity index (χ2v) is 6.17. The van der Waals surface area contributed by atoms with E-state index in [0.717, 1.165) is 13.0 Å². The number of nitrogens with zero attached hydrogens (tertiary/aromatic N) is 1. The van der Waals surface area contributed by atoms with Gasteiger partial charge in [0, 0.05) is 19.1 Å². The molecule has 90 valence electrons. The van der Waals surface area contributed by atoms with E-state index in [-0.39, 0.29) is 0 Å². The van der Waals surface area contributed by atoms with Crippen molar-refractivity contribution in [2.45, 2.75) is 38.6 Å². The van der Waals surface area contributed by atoms with Gasteiger partial charge < -0.3 is 5.32 Å². The molecular weight excluding hydrogens is 212 g/mol. The summed E-state index contributed by atoms with van der Waals surface area (Å²) in [6.45, 7) is 4.01. The second-order valence-electron chi connectivity index (χ2n) is 4.19. The van der Waals surface area contributed by atoms with Crippen LogP contribution in [0.3, 0.4) is 0 Å². The van der Waals surface area contributed by atoms with E-state index < -0.39 is 10.0 Å². The molecule has 1 saturated carbocycles. The molecule has 1 rings (SSSR count). The normalized spacial score (nSPS) is 18.1. The van der Waals surface area contributed by atoms with Crippen LogP contribution in [0.4, 0.5) is 0 Å². The average molecular weight is 234 g/mol. The molecule has 0 aliphatic heterocycles. The molecule has 1 fully saturated rings. The first-order valence-corrected chi connectivity index (χ1v) is 7.57. The SMILES string of the molecule is CCN(CCCNC1CCC1)S(C)(=O)=O. The molecule has 0 bridgehead atoms. The monoisotopic (exact) mass is 234 g/mol. The highest BCUT2D eigenvalue weighted by atomic mass is 32.2. The van der Waals surface area contributed by atoms with Crippen LogP contribution >= 0.6 is 0 Å². The Kier molecular flexibility index (Phi) is 5.02. The Morgan fingerprint density at radius 1 is 1.40 bits per heavy atom. The van der Waals surface area contributed by atoms with Crippen LogP contribution in [0.2, 0.25) is 0 Å². The molecular formula is C10H22N2O2S. The molecule has 4 nitrogen and oxygen atoms in total. The van der Waals surface area contributed by atoms with Crippen molar-refractivity contribution in [1.82, 2.24) is 9.62 Å². The lowest BCUT2D eigenvalue weighted by Gasteiger charge is -2.27. The van der Waals surface area contributed by atoms with E-state index in [9.17, 15) is 8.42 Å². The fraction of sp³-hybridized carbons (Fsp3) is 1.00. The van der Waals surface area contributed by atoms with Crippen LogP contribution in [-0.4, -0.2) is 44.7 Å². The molecule has 0 heterocycles. The number of hydrogen-bond donors (Lipinski definition) is 1. The third-order valence-electron chi connectivity index (χ3n) is 2.94. The van der Waals surface area contributed by atoms with Gasteiger partial charge in [0.25, 0.3) is 0 Å². The van der Waals surface area contributed by atoms with Gasteiger partial charge in [0.05, 0.1) is 6.26 Å². The molecule has 0 aromatic carbocycles. The van der Waals surface area contributed by atoms with Gasteiger partial charge in [0.2, 0.25) is 10.0 Å². The standard InChI is InChI=1S/C10H22N2O2S/c1-3-12(15(2,13)14)9-5-8-11-10-6-4-7-10/h10-11H,3-9H2,1-2H3. The van der Waals surface area contributed by atoms with Crippen molar-refractivity contribution in [2.24, 2.45) is 0 Å². The highest BCUT2D eigenvalue weighted by Crippen LogP contribution is 2.17. The minimum atomic E-state index is -3.00. The van der Waals surface area contributed by atoms with Crippen molar-refractivity contribution in [1.29, 1.82) is 0 Å². The van der Waals surface area contributed by atoms with E-state index in [4.69, 9.17) is 0 Å². The molecule has 0 amide bonds. The Morgan fingerprint density at radius 3 is 2.47 bits per heavy atom. The van der Waals surface area contributed by atoms with Crippen LogP contribution in [-0.2, 0) is 10.0 Å². The van der Waals surface area contributed by atoms with Gasteiger partial charge >= 0.3 is 0 Å². The second kappa shape index (κ2) is 5.82. The Morgan fingerprint density at radius 2 is 2.07 bits per heavy atom. The summed E-state index contributed by atoms with van der Waals surface area (Å²) in [5.74, 6) is 0. The Hall–Kier alpha value is -0.130. The van der Waals surface area contributed by atoms with E-state index >= 15 is 0 Å². The molecule has 0 radical (unpaired) electrons. The molecule has 0 unspecified atom stereocenters. The average Bonchev–Trinajstić information content (AvgIpc) is 2.05. The van der Waals surface area contributed by atoms with Crippen LogP contribution in [0.25, 0.3) is 0 Å². The zero-order valence-electron chi connectivity index (χ0n) is 9.70. The summed E-state index contributed by atoms with van der Waals surface area (Å²) in [6, 6.07) is 0.693. The number of nitrogens with one attached hydrogen (secondary N) is 1. The first kappa shape index (κ1) is 12.9. The first-order valence-electron chi connectivity index (χ1n) is 5.72. The molecule has 0 aromatic rings. The zero-order valence-corrected chi connectivity index (χ0v) is 10.5. The van der Waals surface area contributed by atoms with Crippen LogP contribution < -0.4 is 5.32 Å². The van der Waals surface area contributed by atoms with Gasteiger partial charge in [0.1, 0.15) is 0 Å². The van der Waals surface area contributed by atoms with E-state index in [0.29, 0.717) is 19.1 Å². The number of sulfonamides is 1. The van der Waals surface area contributed by atoms with Crippen molar-refractivity contribution in [3.63, 3.8) is 0 Å². The van der Waals surface area contributed by atoms with Gasteiger partial charge in [-0.2, -0.15) is 0 Å². The summed E-state index contributed by atoms with van der Waals surface area (Å²) in [4.78, 5) is 0. The van der Waals surface area contributed by atoms with Crippen LogP contribution in [0, 0.1) is 0 Å². The summed E-state index contributed by atoms with van der Waals surface area (Å²) in [7, 11) is -3.00. The van der Waals surface area contributed by atoms with Gasteiger partial charge in [-0.25, -0.2) is 12.7 Å². The van der Waals surface area contributed by atoms with E-state index in [1.54, 1.807) is 0 Å². The molecule has 1 aliphatic rings. The summed E-state index contributed by atoms with van der Waals surface area (Å²) in [5.41, 5.74) is 0. The van der Waals surface area contributed by atoms with E-state index in [1.165, 1.54) is 29.8 Å². The Bertz CT molecular complexity index is 273. The molecule has 0 atom stereocenters. The zero-order chi connectivity index (χ0) is 11.3. The predicted molar refractivity (Wildman–Crippen MR) is 62.3 cm³/mol.